The topological polar surface area (TPSA) is 137 Å². The first kappa shape index (κ1) is 25.3. The molecule has 2 aromatic rings. The van der Waals surface area contributed by atoms with Gasteiger partial charge in [-0.2, -0.15) is 0 Å². The lowest BCUT2D eigenvalue weighted by atomic mass is 10.0. The highest BCUT2D eigenvalue weighted by Crippen LogP contribution is 2.17. The number of benzene rings is 2. The van der Waals surface area contributed by atoms with Gasteiger partial charge < -0.3 is 20.1 Å². The molecule has 176 valence electrons. The van der Waals surface area contributed by atoms with Crippen molar-refractivity contribution in [3.8, 4) is 5.75 Å². The van der Waals surface area contributed by atoms with Crippen molar-refractivity contribution < 1.29 is 28.8 Å². The maximum Gasteiger partial charge on any atom is 0.329 e. The predicted octanol–water partition coefficient (Wildman–Crippen LogP) is 3.32. The third kappa shape index (κ3) is 7.30. The summed E-state index contributed by atoms with van der Waals surface area (Å²) in [5, 5.41) is 15.9. The number of nitrogens with zero attached hydrogens (tertiary/aromatic N) is 1. The zero-order valence-corrected chi connectivity index (χ0v) is 18.9. The fourth-order valence-electron chi connectivity index (χ4n) is 2.80. The van der Waals surface area contributed by atoms with Gasteiger partial charge in [0.05, 0.1) is 11.5 Å². The predicted molar refractivity (Wildman–Crippen MR) is 121 cm³/mol. The normalized spacial score (nSPS) is 12.4. The van der Waals surface area contributed by atoms with Crippen molar-refractivity contribution in [2.24, 2.45) is 5.92 Å². The van der Waals surface area contributed by atoms with Gasteiger partial charge in [0.25, 0.3) is 17.5 Å². The lowest BCUT2D eigenvalue weighted by Crippen LogP contribution is -2.47. The van der Waals surface area contributed by atoms with Crippen LogP contribution in [-0.4, -0.2) is 41.5 Å². The number of esters is 1. The standard InChI is InChI=1S/C23H27N3O7/c1-5-32-19-12-6-16(7-13-19)22(28)25-20(14(2)3)23(29)33-15(4)21(27)24-17-8-10-18(11-9-17)26(30)31/h6-15,20H,5H2,1-4H3,(H,24,27)(H,25,28)/t15?,20-/m0/s1. The highest BCUT2D eigenvalue weighted by atomic mass is 16.6. The van der Waals surface area contributed by atoms with Crippen molar-refractivity contribution in [2.75, 3.05) is 11.9 Å². The first-order valence-electron chi connectivity index (χ1n) is 10.4. The molecule has 2 aromatic carbocycles. The van der Waals surface area contributed by atoms with E-state index in [1.807, 2.05) is 6.92 Å². The molecule has 0 aromatic heterocycles. The third-order valence-corrected chi connectivity index (χ3v) is 4.64. The summed E-state index contributed by atoms with van der Waals surface area (Å²) in [4.78, 5) is 47.8. The van der Waals surface area contributed by atoms with Crippen molar-refractivity contribution in [3.05, 3.63) is 64.2 Å². The number of non-ortho nitro benzene ring substituents is 1. The molecular weight excluding hydrogens is 430 g/mol. The van der Waals surface area contributed by atoms with E-state index in [2.05, 4.69) is 10.6 Å². The number of carbonyl (C=O) groups is 3. The molecule has 10 nitrogen and oxygen atoms in total. The largest absolute Gasteiger partial charge is 0.494 e. The molecule has 0 aliphatic rings. The van der Waals surface area contributed by atoms with Crippen LogP contribution in [0.25, 0.3) is 0 Å². The lowest BCUT2D eigenvalue weighted by molar-refractivity contribution is -0.384. The van der Waals surface area contributed by atoms with Gasteiger partial charge in [0.15, 0.2) is 6.10 Å². The van der Waals surface area contributed by atoms with Gasteiger partial charge in [-0.25, -0.2) is 4.79 Å². The van der Waals surface area contributed by atoms with Crippen LogP contribution in [0.2, 0.25) is 0 Å². The number of hydrogen-bond acceptors (Lipinski definition) is 7. The minimum Gasteiger partial charge on any atom is -0.494 e. The molecule has 0 saturated carbocycles. The quantitative estimate of drug-likeness (QED) is 0.317. The number of anilines is 1. The monoisotopic (exact) mass is 457 g/mol. The van der Waals surface area contributed by atoms with Gasteiger partial charge in [0.2, 0.25) is 0 Å². The first-order chi connectivity index (χ1) is 15.6. The number of hydrogen-bond donors (Lipinski definition) is 2. The maximum atomic E-state index is 12.7. The Kier molecular flexibility index (Phi) is 8.90. The van der Waals surface area contributed by atoms with E-state index in [0.29, 0.717) is 23.6 Å². The van der Waals surface area contributed by atoms with E-state index in [-0.39, 0.29) is 11.6 Å². The van der Waals surface area contributed by atoms with E-state index >= 15 is 0 Å². The molecule has 33 heavy (non-hydrogen) atoms. The zero-order chi connectivity index (χ0) is 24.5. The molecule has 0 fully saturated rings. The van der Waals surface area contributed by atoms with Crippen LogP contribution in [0.1, 0.15) is 38.1 Å². The van der Waals surface area contributed by atoms with Crippen molar-refractivity contribution in [1.29, 1.82) is 0 Å². The molecule has 0 saturated heterocycles. The molecule has 0 spiro atoms. The van der Waals surface area contributed by atoms with E-state index in [0.717, 1.165) is 0 Å². The number of carbonyl (C=O) groups excluding carboxylic acids is 3. The molecule has 10 heteroatoms. The van der Waals surface area contributed by atoms with Crippen LogP contribution in [0, 0.1) is 16.0 Å². The Labute approximate surface area is 191 Å². The van der Waals surface area contributed by atoms with Gasteiger partial charge in [-0.1, -0.05) is 13.8 Å². The Morgan fingerprint density at radius 1 is 1.00 bits per heavy atom. The maximum absolute atomic E-state index is 12.7. The number of nitro benzene ring substituents is 1. The van der Waals surface area contributed by atoms with Gasteiger partial charge in [-0.05, 0) is 56.2 Å². The lowest BCUT2D eigenvalue weighted by Gasteiger charge is -2.23. The molecule has 1 unspecified atom stereocenters. The van der Waals surface area contributed by atoms with E-state index in [1.165, 1.54) is 31.2 Å². The molecule has 2 amide bonds. The van der Waals surface area contributed by atoms with Gasteiger partial charge in [-0.15, -0.1) is 0 Å². The Hall–Kier alpha value is -3.95. The van der Waals surface area contributed by atoms with Crippen LogP contribution < -0.4 is 15.4 Å². The SMILES string of the molecule is CCOc1ccc(C(=O)N[C@H](C(=O)OC(C)C(=O)Nc2ccc([N+](=O)[O-])cc2)C(C)C)cc1. The Bertz CT molecular complexity index is 988. The summed E-state index contributed by atoms with van der Waals surface area (Å²) < 4.78 is 10.6. The second-order valence-corrected chi connectivity index (χ2v) is 7.52. The molecule has 0 heterocycles. The summed E-state index contributed by atoms with van der Waals surface area (Å²) >= 11 is 0. The van der Waals surface area contributed by atoms with Crippen LogP contribution in [0.15, 0.2) is 48.5 Å². The summed E-state index contributed by atoms with van der Waals surface area (Å²) in [6.07, 6.45) is -1.16. The molecule has 2 atom stereocenters. The van der Waals surface area contributed by atoms with Crippen LogP contribution in [0.3, 0.4) is 0 Å². The second-order valence-electron chi connectivity index (χ2n) is 7.52. The molecule has 2 N–H and O–H groups in total. The van der Waals surface area contributed by atoms with Gasteiger partial charge in [0.1, 0.15) is 11.8 Å². The van der Waals surface area contributed by atoms with Crippen LogP contribution >= 0.6 is 0 Å². The molecule has 0 bridgehead atoms. The van der Waals surface area contributed by atoms with Crippen LogP contribution in [-0.2, 0) is 14.3 Å². The molecule has 0 radical (unpaired) electrons. The zero-order valence-electron chi connectivity index (χ0n) is 18.9. The third-order valence-electron chi connectivity index (χ3n) is 4.64. The average Bonchev–Trinajstić information content (AvgIpc) is 2.78. The molecule has 2 rings (SSSR count). The average molecular weight is 457 g/mol. The van der Waals surface area contributed by atoms with E-state index < -0.39 is 34.9 Å². The van der Waals surface area contributed by atoms with Crippen molar-refractivity contribution in [3.63, 3.8) is 0 Å². The number of nitrogens with one attached hydrogen (secondary N) is 2. The molecule has 0 aliphatic heterocycles. The molecular formula is C23H27N3O7. The van der Waals surface area contributed by atoms with E-state index in [4.69, 9.17) is 9.47 Å². The Morgan fingerprint density at radius 2 is 1.61 bits per heavy atom. The minimum atomic E-state index is -1.16. The van der Waals surface area contributed by atoms with Crippen molar-refractivity contribution in [1.82, 2.24) is 5.32 Å². The molecule has 0 aliphatic carbocycles. The Balaban J connectivity index is 1.98. The van der Waals surface area contributed by atoms with Crippen molar-refractivity contribution >= 4 is 29.2 Å². The Morgan fingerprint density at radius 3 is 2.12 bits per heavy atom. The summed E-state index contributed by atoms with van der Waals surface area (Å²) in [5.74, 6) is -1.50. The summed E-state index contributed by atoms with van der Waals surface area (Å²) in [6.45, 7) is 7.23. The van der Waals surface area contributed by atoms with E-state index in [9.17, 15) is 24.5 Å². The number of ether oxygens (including phenoxy) is 2. The smallest absolute Gasteiger partial charge is 0.329 e. The first-order valence-corrected chi connectivity index (χ1v) is 10.4. The van der Waals surface area contributed by atoms with Gasteiger partial charge >= 0.3 is 5.97 Å². The number of nitro groups is 1. The minimum absolute atomic E-state index is 0.115. The summed E-state index contributed by atoms with van der Waals surface area (Å²) in [5.41, 5.74) is 0.550. The van der Waals surface area contributed by atoms with Crippen LogP contribution in [0.5, 0.6) is 5.75 Å². The highest BCUT2D eigenvalue weighted by molar-refractivity contribution is 5.98. The number of rotatable bonds is 10. The summed E-state index contributed by atoms with van der Waals surface area (Å²) in [7, 11) is 0. The summed E-state index contributed by atoms with van der Waals surface area (Å²) in [6, 6.07) is 10.8. The fraction of sp³-hybridized carbons (Fsp3) is 0.348. The fourth-order valence-corrected chi connectivity index (χ4v) is 2.80. The van der Waals surface area contributed by atoms with Gasteiger partial charge in [-0.3, -0.25) is 19.7 Å². The van der Waals surface area contributed by atoms with Crippen LogP contribution in [0.4, 0.5) is 11.4 Å². The van der Waals surface area contributed by atoms with E-state index in [1.54, 1.807) is 38.1 Å². The second kappa shape index (κ2) is 11.6. The van der Waals surface area contributed by atoms with Gasteiger partial charge in [0, 0.05) is 23.4 Å². The highest BCUT2D eigenvalue weighted by Gasteiger charge is 2.29. The number of amides is 2. The van der Waals surface area contributed by atoms with Crippen molar-refractivity contribution in [2.45, 2.75) is 39.8 Å².